The lowest BCUT2D eigenvalue weighted by Gasteiger charge is -2.15. The molecule has 0 unspecified atom stereocenters. The predicted octanol–water partition coefficient (Wildman–Crippen LogP) is 2.77. The first-order valence-electron chi connectivity index (χ1n) is 8.01. The zero-order valence-corrected chi connectivity index (χ0v) is 14.6. The van der Waals surface area contributed by atoms with Crippen molar-refractivity contribution in [1.29, 1.82) is 5.26 Å². The molecule has 2 N–H and O–H groups in total. The number of pyridine rings is 1. The summed E-state index contributed by atoms with van der Waals surface area (Å²) in [6, 6.07) is 8.70. The Morgan fingerprint density at radius 3 is 2.81 bits per heavy atom. The number of nitriles is 1. The molecule has 1 aromatic carbocycles. The number of rotatable bonds is 3. The van der Waals surface area contributed by atoms with E-state index in [2.05, 4.69) is 16.0 Å². The minimum absolute atomic E-state index is 0.0633. The van der Waals surface area contributed by atoms with Gasteiger partial charge in [0.05, 0.1) is 34.5 Å². The number of nitrogen functional groups attached to an aromatic ring is 1. The van der Waals surface area contributed by atoms with Crippen molar-refractivity contribution in [3.63, 3.8) is 0 Å². The lowest BCUT2D eigenvalue weighted by molar-refractivity contribution is 0.411. The predicted molar refractivity (Wildman–Crippen MR) is 97.8 cm³/mol. The fourth-order valence-corrected chi connectivity index (χ4v) is 3.33. The van der Waals surface area contributed by atoms with E-state index in [1.54, 1.807) is 24.3 Å². The Kier molecular flexibility index (Phi) is 3.78. The molecule has 2 heterocycles. The summed E-state index contributed by atoms with van der Waals surface area (Å²) in [6.45, 7) is 0. The van der Waals surface area contributed by atoms with Crippen LogP contribution in [0.15, 0.2) is 29.1 Å². The Hall–Kier alpha value is -3.11. The highest BCUT2D eigenvalue weighted by molar-refractivity contribution is 6.32. The Morgan fingerprint density at radius 1 is 1.38 bits per heavy atom. The maximum Gasteiger partial charge on any atom is 0.355 e. The zero-order chi connectivity index (χ0) is 18.4. The number of hydrogen-bond donors (Lipinski definition) is 1. The van der Waals surface area contributed by atoms with Crippen molar-refractivity contribution in [2.45, 2.75) is 18.8 Å². The SMILES string of the molecule is COc1c(C#N)cccc1-n1c(=O)nc(N)c2cc(Cl)c(C3CC3)nc21. The average molecular weight is 368 g/mol. The first-order chi connectivity index (χ1) is 12.5. The maximum atomic E-state index is 12.7. The standard InChI is InChI=1S/C18H14ClN5O2/c1-26-15-10(8-20)3-2-4-13(15)24-17-11(16(21)23-18(24)25)7-12(19)14(22-17)9-5-6-9/h2-4,7,9H,5-6H2,1H3,(H2,21,23,25). The van der Waals surface area contributed by atoms with E-state index in [0.717, 1.165) is 18.5 Å². The van der Waals surface area contributed by atoms with Gasteiger partial charge in [-0.15, -0.1) is 0 Å². The first kappa shape index (κ1) is 16.4. The first-order valence-corrected chi connectivity index (χ1v) is 8.39. The normalized spacial score (nSPS) is 13.6. The Labute approximate surface area is 153 Å². The number of nitrogens with zero attached hydrogens (tertiary/aromatic N) is 4. The molecule has 130 valence electrons. The van der Waals surface area contributed by atoms with Crippen molar-refractivity contribution in [3.05, 3.63) is 51.0 Å². The lowest BCUT2D eigenvalue weighted by Crippen LogP contribution is -2.24. The molecule has 4 rings (SSSR count). The van der Waals surface area contributed by atoms with Gasteiger partial charge in [0.1, 0.15) is 11.9 Å². The summed E-state index contributed by atoms with van der Waals surface area (Å²) in [6.07, 6.45) is 2.02. The number of fused-ring (bicyclic) bond motifs is 1. The number of halogens is 1. The number of nitrogens with two attached hydrogens (primary N) is 1. The van der Waals surface area contributed by atoms with Crippen LogP contribution >= 0.6 is 11.6 Å². The smallest absolute Gasteiger partial charge is 0.355 e. The summed E-state index contributed by atoms with van der Waals surface area (Å²) in [4.78, 5) is 21.2. The van der Waals surface area contributed by atoms with E-state index >= 15 is 0 Å². The molecule has 0 saturated heterocycles. The second-order valence-corrected chi connectivity index (χ2v) is 6.49. The number of ether oxygens (including phenoxy) is 1. The van der Waals surface area contributed by atoms with Gasteiger partial charge in [0.25, 0.3) is 0 Å². The van der Waals surface area contributed by atoms with Gasteiger partial charge in [0.15, 0.2) is 11.4 Å². The number of methoxy groups -OCH3 is 1. The van der Waals surface area contributed by atoms with Crippen LogP contribution in [0.25, 0.3) is 16.7 Å². The lowest BCUT2D eigenvalue weighted by atomic mass is 10.1. The van der Waals surface area contributed by atoms with Crippen LogP contribution in [-0.2, 0) is 0 Å². The third kappa shape index (κ3) is 2.47. The molecule has 0 bridgehead atoms. The highest BCUT2D eigenvalue weighted by Crippen LogP contribution is 2.43. The largest absolute Gasteiger partial charge is 0.493 e. The van der Waals surface area contributed by atoms with Gasteiger partial charge in [0, 0.05) is 5.92 Å². The average Bonchev–Trinajstić information content (AvgIpc) is 3.46. The molecule has 0 aliphatic heterocycles. The van der Waals surface area contributed by atoms with Crippen LogP contribution in [0.1, 0.15) is 30.0 Å². The van der Waals surface area contributed by atoms with Gasteiger partial charge < -0.3 is 10.5 Å². The molecule has 8 heteroatoms. The van der Waals surface area contributed by atoms with E-state index in [1.165, 1.54) is 11.7 Å². The quantitative estimate of drug-likeness (QED) is 0.762. The number of para-hydroxylation sites is 1. The van der Waals surface area contributed by atoms with Crippen molar-refractivity contribution >= 4 is 28.5 Å². The summed E-state index contributed by atoms with van der Waals surface area (Å²) in [5.74, 6) is 0.625. The number of aromatic nitrogens is 3. The fraction of sp³-hybridized carbons (Fsp3) is 0.222. The summed E-state index contributed by atoms with van der Waals surface area (Å²) >= 11 is 6.35. The summed E-state index contributed by atoms with van der Waals surface area (Å²) in [7, 11) is 1.44. The van der Waals surface area contributed by atoms with E-state index in [-0.39, 0.29) is 17.5 Å². The van der Waals surface area contributed by atoms with Crippen molar-refractivity contribution in [1.82, 2.24) is 14.5 Å². The van der Waals surface area contributed by atoms with E-state index in [0.29, 0.717) is 27.3 Å². The van der Waals surface area contributed by atoms with E-state index in [1.807, 2.05) is 0 Å². The van der Waals surface area contributed by atoms with Crippen molar-refractivity contribution < 1.29 is 4.74 Å². The van der Waals surface area contributed by atoms with Gasteiger partial charge in [-0.3, -0.25) is 0 Å². The molecular formula is C18H14ClN5O2. The molecule has 1 aliphatic carbocycles. The van der Waals surface area contributed by atoms with Gasteiger partial charge in [0.2, 0.25) is 0 Å². The van der Waals surface area contributed by atoms with Crippen molar-refractivity contribution in [2.24, 2.45) is 0 Å². The van der Waals surface area contributed by atoms with Crippen LogP contribution in [0.5, 0.6) is 5.75 Å². The minimum atomic E-state index is -0.597. The third-order valence-electron chi connectivity index (χ3n) is 4.40. The van der Waals surface area contributed by atoms with E-state index in [9.17, 15) is 10.1 Å². The van der Waals surface area contributed by atoms with Gasteiger partial charge in [-0.1, -0.05) is 17.7 Å². The van der Waals surface area contributed by atoms with Crippen LogP contribution in [0.3, 0.4) is 0 Å². The molecule has 1 saturated carbocycles. The molecule has 3 aromatic rings. The molecular weight excluding hydrogens is 354 g/mol. The van der Waals surface area contributed by atoms with Crippen molar-refractivity contribution in [3.8, 4) is 17.5 Å². The molecule has 0 spiro atoms. The molecule has 1 aliphatic rings. The highest BCUT2D eigenvalue weighted by atomic mass is 35.5. The minimum Gasteiger partial charge on any atom is -0.493 e. The number of hydrogen-bond acceptors (Lipinski definition) is 6. The summed E-state index contributed by atoms with van der Waals surface area (Å²) in [5, 5.41) is 10.3. The molecule has 26 heavy (non-hydrogen) atoms. The molecule has 0 radical (unpaired) electrons. The monoisotopic (exact) mass is 367 g/mol. The molecule has 7 nitrogen and oxygen atoms in total. The fourth-order valence-electron chi connectivity index (χ4n) is 3.02. The second-order valence-electron chi connectivity index (χ2n) is 6.09. The van der Waals surface area contributed by atoms with Gasteiger partial charge in [-0.05, 0) is 31.0 Å². The highest BCUT2D eigenvalue weighted by Gasteiger charge is 2.29. The zero-order valence-electron chi connectivity index (χ0n) is 13.9. The Bertz CT molecular complexity index is 1140. The van der Waals surface area contributed by atoms with Crippen molar-refractivity contribution in [2.75, 3.05) is 12.8 Å². The number of anilines is 1. The Balaban J connectivity index is 2.12. The van der Waals surface area contributed by atoms with Gasteiger partial charge in [-0.2, -0.15) is 10.2 Å². The van der Waals surface area contributed by atoms with Crippen LogP contribution in [0.4, 0.5) is 5.82 Å². The molecule has 0 amide bonds. The van der Waals surface area contributed by atoms with Gasteiger partial charge >= 0.3 is 5.69 Å². The van der Waals surface area contributed by atoms with Gasteiger partial charge in [-0.25, -0.2) is 14.3 Å². The third-order valence-corrected chi connectivity index (χ3v) is 4.70. The van der Waals surface area contributed by atoms with E-state index in [4.69, 9.17) is 22.1 Å². The Morgan fingerprint density at radius 2 is 2.15 bits per heavy atom. The topological polar surface area (TPSA) is 107 Å². The summed E-state index contributed by atoms with van der Waals surface area (Å²) in [5.41, 5.74) is 7.11. The van der Waals surface area contributed by atoms with Crippen LogP contribution in [-0.4, -0.2) is 21.6 Å². The molecule has 2 aromatic heterocycles. The van der Waals surface area contributed by atoms with Crippen LogP contribution in [0.2, 0.25) is 5.02 Å². The van der Waals surface area contributed by atoms with E-state index < -0.39 is 5.69 Å². The number of benzene rings is 1. The maximum absolute atomic E-state index is 12.7. The summed E-state index contributed by atoms with van der Waals surface area (Å²) < 4.78 is 6.69. The second kappa shape index (κ2) is 6.00. The molecule has 0 atom stereocenters. The molecule has 1 fully saturated rings. The van der Waals surface area contributed by atoms with Crippen LogP contribution < -0.4 is 16.2 Å². The van der Waals surface area contributed by atoms with Crippen LogP contribution in [0, 0.1) is 11.3 Å².